The topological polar surface area (TPSA) is 59.6 Å². The highest BCUT2D eigenvalue weighted by atomic mass is 19.3. The summed E-state index contributed by atoms with van der Waals surface area (Å²) in [5.41, 5.74) is 0.528. The first-order chi connectivity index (χ1) is 10.1. The monoisotopic (exact) mass is 300 g/mol. The molecule has 0 saturated carbocycles. The number of benzene rings is 1. The first kappa shape index (κ1) is 15.7. The second kappa shape index (κ2) is 7.90. The zero-order chi connectivity index (χ0) is 15.1. The summed E-state index contributed by atoms with van der Waals surface area (Å²) < 4.78 is 33.6. The van der Waals surface area contributed by atoms with Crippen molar-refractivity contribution in [3.05, 3.63) is 24.3 Å². The quantitative estimate of drug-likeness (QED) is 0.808. The number of alkyl halides is 2. The molecule has 1 unspecified atom stereocenters. The fourth-order valence-corrected chi connectivity index (χ4v) is 2.08. The normalized spacial score (nSPS) is 18.0. The summed E-state index contributed by atoms with van der Waals surface area (Å²) >= 11 is 0. The van der Waals surface area contributed by atoms with Crippen LogP contribution in [0.3, 0.4) is 0 Å². The lowest BCUT2D eigenvalue weighted by molar-refractivity contribution is -0.115. The lowest BCUT2D eigenvalue weighted by atomic mass is 10.2. The molecule has 0 aliphatic carbocycles. The summed E-state index contributed by atoms with van der Waals surface area (Å²) in [6, 6.07) is 5.77. The Kier molecular flexibility index (Phi) is 5.89. The molecule has 0 spiro atoms. The van der Waals surface area contributed by atoms with Crippen LogP contribution in [-0.2, 0) is 9.53 Å². The van der Waals surface area contributed by atoms with Crippen LogP contribution in [0.1, 0.15) is 12.8 Å². The van der Waals surface area contributed by atoms with Crippen molar-refractivity contribution in [2.24, 2.45) is 0 Å². The van der Waals surface area contributed by atoms with Crippen molar-refractivity contribution in [1.82, 2.24) is 5.32 Å². The average molecular weight is 300 g/mol. The number of rotatable bonds is 7. The summed E-state index contributed by atoms with van der Waals surface area (Å²) in [6.45, 7) is -1.25. The van der Waals surface area contributed by atoms with Gasteiger partial charge in [-0.05, 0) is 37.1 Å². The number of ether oxygens (including phenoxy) is 2. The van der Waals surface area contributed by atoms with E-state index in [2.05, 4.69) is 15.4 Å². The van der Waals surface area contributed by atoms with E-state index in [1.807, 2.05) is 0 Å². The van der Waals surface area contributed by atoms with Crippen molar-refractivity contribution in [1.29, 1.82) is 0 Å². The Morgan fingerprint density at radius 1 is 1.38 bits per heavy atom. The maximum atomic E-state index is 12.0. The minimum Gasteiger partial charge on any atom is -0.435 e. The van der Waals surface area contributed by atoms with E-state index in [-0.39, 0.29) is 24.3 Å². The van der Waals surface area contributed by atoms with Gasteiger partial charge in [0.1, 0.15) is 5.75 Å². The summed E-state index contributed by atoms with van der Waals surface area (Å²) in [5.74, 6) is -0.143. The van der Waals surface area contributed by atoms with E-state index in [0.717, 1.165) is 19.4 Å². The Hall–Kier alpha value is -1.73. The van der Waals surface area contributed by atoms with E-state index < -0.39 is 6.61 Å². The molecule has 2 N–H and O–H groups in total. The van der Waals surface area contributed by atoms with Gasteiger partial charge in [-0.3, -0.25) is 4.79 Å². The average Bonchev–Trinajstić information content (AvgIpc) is 2.93. The van der Waals surface area contributed by atoms with Crippen molar-refractivity contribution < 1.29 is 23.0 Å². The second-order valence-electron chi connectivity index (χ2n) is 4.72. The number of hydrogen-bond donors (Lipinski definition) is 2. The lowest BCUT2D eigenvalue weighted by Crippen LogP contribution is -2.33. The Labute approximate surface area is 121 Å². The fraction of sp³-hybridized carbons (Fsp3) is 0.500. The van der Waals surface area contributed by atoms with Gasteiger partial charge in [-0.15, -0.1) is 0 Å². The number of anilines is 1. The van der Waals surface area contributed by atoms with Crippen molar-refractivity contribution in [3.8, 4) is 5.75 Å². The molecular weight excluding hydrogens is 282 g/mol. The van der Waals surface area contributed by atoms with Gasteiger partial charge >= 0.3 is 6.61 Å². The van der Waals surface area contributed by atoms with Crippen LogP contribution < -0.4 is 15.4 Å². The molecule has 1 aromatic rings. The minimum absolute atomic E-state index is 0.0551. The first-order valence-corrected chi connectivity index (χ1v) is 6.80. The van der Waals surface area contributed by atoms with Crippen LogP contribution in [0, 0.1) is 0 Å². The van der Waals surface area contributed by atoms with Gasteiger partial charge in [0.05, 0.1) is 12.6 Å². The highest BCUT2D eigenvalue weighted by molar-refractivity contribution is 5.92. The van der Waals surface area contributed by atoms with Crippen LogP contribution in [0.2, 0.25) is 0 Å². The largest absolute Gasteiger partial charge is 0.435 e. The Morgan fingerprint density at radius 3 is 2.76 bits per heavy atom. The predicted molar refractivity (Wildman–Crippen MR) is 73.5 cm³/mol. The van der Waals surface area contributed by atoms with E-state index >= 15 is 0 Å². The molecule has 1 aliphatic rings. The highest BCUT2D eigenvalue weighted by Gasteiger charge is 2.15. The van der Waals surface area contributed by atoms with Crippen LogP contribution >= 0.6 is 0 Å². The molecule has 0 radical (unpaired) electrons. The standard InChI is InChI=1S/C14H18F2N2O3/c15-14(16)21-11-5-3-10(4-6-11)18-13(19)9-17-8-12-2-1-7-20-12/h3-6,12,14,17H,1-2,7-9H2,(H,18,19). The number of carbonyl (C=O) groups is 1. The van der Waals surface area contributed by atoms with Gasteiger partial charge in [-0.25, -0.2) is 0 Å². The fourth-order valence-electron chi connectivity index (χ4n) is 2.08. The van der Waals surface area contributed by atoms with E-state index in [4.69, 9.17) is 4.74 Å². The minimum atomic E-state index is -2.85. The van der Waals surface area contributed by atoms with Crippen LogP contribution in [-0.4, -0.2) is 38.3 Å². The van der Waals surface area contributed by atoms with Crippen molar-refractivity contribution in [2.75, 3.05) is 25.0 Å². The molecule has 5 nitrogen and oxygen atoms in total. The Balaban J connectivity index is 1.69. The third-order valence-electron chi connectivity index (χ3n) is 3.04. The predicted octanol–water partition coefficient (Wildman–Crippen LogP) is 2.00. The summed E-state index contributed by atoms with van der Waals surface area (Å²) in [4.78, 5) is 11.7. The molecule has 1 aliphatic heterocycles. The van der Waals surface area contributed by atoms with E-state index in [1.165, 1.54) is 24.3 Å². The molecule has 1 fully saturated rings. The molecule has 1 atom stereocenters. The third-order valence-corrected chi connectivity index (χ3v) is 3.04. The van der Waals surface area contributed by atoms with Gasteiger partial charge in [-0.2, -0.15) is 8.78 Å². The lowest BCUT2D eigenvalue weighted by Gasteiger charge is -2.11. The van der Waals surface area contributed by atoms with Gasteiger partial charge in [0.2, 0.25) is 5.91 Å². The number of nitrogens with one attached hydrogen (secondary N) is 2. The maximum absolute atomic E-state index is 12.0. The van der Waals surface area contributed by atoms with Gasteiger partial charge in [0.15, 0.2) is 0 Å². The SMILES string of the molecule is O=C(CNCC1CCCO1)Nc1ccc(OC(F)F)cc1. The van der Waals surface area contributed by atoms with E-state index in [0.29, 0.717) is 12.2 Å². The van der Waals surface area contributed by atoms with Crippen LogP contribution in [0.5, 0.6) is 5.75 Å². The molecule has 1 saturated heterocycles. The van der Waals surface area contributed by atoms with Gasteiger partial charge in [0.25, 0.3) is 0 Å². The second-order valence-corrected chi connectivity index (χ2v) is 4.72. The third kappa shape index (κ3) is 5.65. The number of amides is 1. The zero-order valence-electron chi connectivity index (χ0n) is 11.5. The van der Waals surface area contributed by atoms with Gasteiger partial charge < -0.3 is 20.1 Å². The maximum Gasteiger partial charge on any atom is 0.387 e. The highest BCUT2D eigenvalue weighted by Crippen LogP contribution is 2.17. The summed E-state index contributed by atoms with van der Waals surface area (Å²) in [5, 5.41) is 5.69. The van der Waals surface area contributed by atoms with Crippen LogP contribution in [0.4, 0.5) is 14.5 Å². The Bertz CT molecular complexity index is 448. The number of hydrogen-bond acceptors (Lipinski definition) is 4. The molecular formula is C14H18F2N2O3. The smallest absolute Gasteiger partial charge is 0.387 e. The summed E-state index contributed by atoms with van der Waals surface area (Å²) in [7, 11) is 0. The van der Waals surface area contributed by atoms with Gasteiger partial charge in [-0.1, -0.05) is 0 Å². The van der Waals surface area contributed by atoms with Gasteiger partial charge in [0, 0.05) is 18.8 Å². The molecule has 0 bridgehead atoms. The number of carbonyl (C=O) groups excluding carboxylic acids is 1. The van der Waals surface area contributed by atoms with Crippen molar-refractivity contribution in [3.63, 3.8) is 0 Å². The summed E-state index contributed by atoms with van der Waals surface area (Å²) in [6.07, 6.45) is 2.26. The molecule has 116 valence electrons. The molecule has 1 amide bonds. The number of halogens is 2. The first-order valence-electron chi connectivity index (χ1n) is 6.80. The van der Waals surface area contributed by atoms with Crippen molar-refractivity contribution >= 4 is 11.6 Å². The van der Waals surface area contributed by atoms with Crippen LogP contribution in [0.25, 0.3) is 0 Å². The van der Waals surface area contributed by atoms with E-state index in [1.54, 1.807) is 0 Å². The van der Waals surface area contributed by atoms with Crippen molar-refractivity contribution in [2.45, 2.75) is 25.6 Å². The van der Waals surface area contributed by atoms with Crippen LogP contribution in [0.15, 0.2) is 24.3 Å². The molecule has 21 heavy (non-hydrogen) atoms. The van der Waals surface area contributed by atoms with E-state index in [9.17, 15) is 13.6 Å². The molecule has 7 heteroatoms. The molecule has 1 heterocycles. The zero-order valence-corrected chi connectivity index (χ0v) is 11.5. The molecule has 2 rings (SSSR count). The Morgan fingerprint density at radius 2 is 2.14 bits per heavy atom. The molecule has 0 aromatic heterocycles. The molecule has 1 aromatic carbocycles.